The van der Waals surface area contributed by atoms with Crippen LogP contribution in [-0.4, -0.2) is 34.2 Å². The molecule has 0 bridgehead atoms. The third-order valence-electron chi connectivity index (χ3n) is 2.10. The highest BCUT2D eigenvalue weighted by molar-refractivity contribution is 5.96. The van der Waals surface area contributed by atoms with Crippen LogP contribution in [-0.2, 0) is 4.74 Å². The number of benzene rings is 1. The van der Waals surface area contributed by atoms with Crippen LogP contribution >= 0.6 is 0 Å². The average molecular weight is 224 g/mol. The molecule has 0 atom stereocenters. The Morgan fingerprint density at radius 1 is 1.44 bits per heavy atom. The van der Waals surface area contributed by atoms with Crippen LogP contribution in [0, 0.1) is 10.1 Å². The van der Waals surface area contributed by atoms with E-state index in [9.17, 15) is 20.3 Å². The summed E-state index contributed by atoms with van der Waals surface area (Å²) in [6, 6.07) is 2.28. The lowest BCUT2D eigenvalue weighted by atomic mass is 10.1. The molecule has 16 heavy (non-hydrogen) atoms. The van der Waals surface area contributed by atoms with Crippen molar-refractivity contribution in [2.24, 2.45) is 4.99 Å². The smallest absolute Gasteiger partial charge is 0.315 e. The molecule has 0 amide bonds. The molecule has 0 saturated heterocycles. The average Bonchev–Trinajstić information content (AvgIpc) is 2.74. The van der Waals surface area contributed by atoms with E-state index in [-0.39, 0.29) is 11.5 Å². The molecule has 2 rings (SSSR count). The molecular weight excluding hydrogens is 216 g/mol. The third-order valence-corrected chi connectivity index (χ3v) is 2.10. The lowest BCUT2D eigenvalue weighted by Gasteiger charge is -2.04. The van der Waals surface area contributed by atoms with Gasteiger partial charge in [-0.1, -0.05) is 0 Å². The van der Waals surface area contributed by atoms with Gasteiger partial charge < -0.3 is 14.9 Å². The summed E-state index contributed by atoms with van der Waals surface area (Å²) in [4.78, 5) is 13.8. The summed E-state index contributed by atoms with van der Waals surface area (Å²) in [5, 5.41) is 29.2. The predicted molar refractivity (Wildman–Crippen MR) is 53.8 cm³/mol. The SMILES string of the molecule is O=[N+]([O-])c1cc(C2=NCCO2)cc(O)c1O. The molecule has 7 heteroatoms. The highest BCUT2D eigenvalue weighted by Gasteiger charge is 2.22. The maximum atomic E-state index is 10.6. The molecule has 0 radical (unpaired) electrons. The molecule has 2 N–H and O–H groups in total. The van der Waals surface area contributed by atoms with E-state index < -0.39 is 22.1 Å². The number of phenolic OH excluding ortho intramolecular Hbond substituents is 2. The van der Waals surface area contributed by atoms with Crippen molar-refractivity contribution >= 4 is 11.6 Å². The second kappa shape index (κ2) is 3.69. The number of aliphatic imine (C=N–C) groups is 1. The molecule has 0 aliphatic carbocycles. The Hall–Kier alpha value is -2.31. The van der Waals surface area contributed by atoms with Crippen molar-refractivity contribution in [2.75, 3.05) is 13.2 Å². The van der Waals surface area contributed by atoms with Crippen LogP contribution in [0.1, 0.15) is 5.56 Å². The molecule has 1 aliphatic heterocycles. The Morgan fingerprint density at radius 2 is 2.19 bits per heavy atom. The summed E-state index contributed by atoms with van der Waals surface area (Å²) in [7, 11) is 0. The van der Waals surface area contributed by atoms with Crippen LogP contribution in [0.2, 0.25) is 0 Å². The molecule has 0 spiro atoms. The van der Waals surface area contributed by atoms with E-state index in [0.29, 0.717) is 13.2 Å². The fraction of sp³-hybridized carbons (Fsp3) is 0.222. The molecule has 0 saturated carbocycles. The minimum absolute atomic E-state index is 0.235. The lowest BCUT2D eigenvalue weighted by Crippen LogP contribution is -2.02. The maximum Gasteiger partial charge on any atom is 0.315 e. The number of aromatic hydroxyl groups is 2. The summed E-state index contributed by atoms with van der Waals surface area (Å²) < 4.78 is 5.10. The van der Waals surface area contributed by atoms with Crippen molar-refractivity contribution in [1.82, 2.24) is 0 Å². The van der Waals surface area contributed by atoms with Gasteiger partial charge in [0, 0.05) is 11.6 Å². The molecule has 1 aliphatic rings. The molecular formula is C9H8N2O5. The summed E-state index contributed by atoms with van der Waals surface area (Å²) >= 11 is 0. The zero-order valence-corrected chi connectivity index (χ0v) is 8.08. The Bertz CT molecular complexity index is 483. The van der Waals surface area contributed by atoms with Gasteiger partial charge in [-0.2, -0.15) is 0 Å². The first-order valence-corrected chi connectivity index (χ1v) is 4.47. The Labute approximate surface area is 89.8 Å². The van der Waals surface area contributed by atoms with Crippen molar-refractivity contribution in [3.8, 4) is 11.5 Å². The number of nitro benzene ring substituents is 1. The third kappa shape index (κ3) is 1.62. The van der Waals surface area contributed by atoms with Gasteiger partial charge in [0.15, 0.2) is 5.75 Å². The Kier molecular flexibility index (Phi) is 2.35. The first-order valence-electron chi connectivity index (χ1n) is 4.47. The van der Waals surface area contributed by atoms with E-state index in [2.05, 4.69) is 4.99 Å². The number of phenols is 2. The van der Waals surface area contributed by atoms with E-state index in [4.69, 9.17) is 4.74 Å². The van der Waals surface area contributed by atoms with Gasteiger partial charge in [-0.15, -0.1) is 0 Å². The van der Waals surface area contributed by atoms with Crippen LogP contribution in [0.4, 0.5) is 5.69 Å². The molecule has 1 aromatic rings. The fourth-order valence-corrected chi connectivity index (χ4v) is 1.38. The zero-order valence-electron chi connectivity index (χ0n) is 8.08. The van der Waals surface area contributed by atoms with Crippen LogP contribution in [0.3, 0.4) is 0 Å². The lowest BCUT2D eigenvalue weighted by molar-refractivity contribution is -0.386. The van der Waals surface area contributed by atoms with Crippen LogP contribution in [0.15, 0.2) is 17.1 Å². The predicted octanol–water partition coefficient (Wildman–Crippen LogP) is 0.783. The van der Waals surface area contributed by atoms with Crippen LogP contribution in [0.5, 0.6) is 11.5 Å². The van der Waals surface area contributed by atoms with Crippen LogP contribution < -0.4 is 0 Å². The fourth-order valence-electron chi connectivity index (χ4n) is 1.38. The molecule has 0 unspecified atom stereocenters. The minimum atomic E-state index is -0.784. The van der Waals surface area contributed by atoms with E-state index in [1.165, 1.54) is 6.07 Å². The summed E-state index contributed by atoms with van der Waals surface area (Å²) in [5.74, 6) is -1.09. The first-order chi connectivity index (χ1) is 7.59. The second-order valence-corrected chi connectivity index (χ2v) is 3.16. The largest absolute Gasteiger partial charge is 0.504 e. The van der Waals surface area contributed by atoms with E-state index in [1.54, 1.807) is 0 Å². The zero-order chi connectivity index (χ0) is 11.7. The van der Waals surface area contributed by atoms with Gasteiger partial charge in [-0.05, 0) is 6.07 Å². The molecule has 0 aromatic heterocycles. The first kappa shape index (κ1) is 10.2. The number of hydrogen-bond acceptors (Lipinski definition) is 6. The number of ether oxygens (including phenoxy) is 1. The summed E-state index contributed by atoms with van der Waals surface area (Å²) in [6.45, 7) is 0.884. The topological polar surface area (TPSA) is 105 Å². The number of rotatable bonds is 2. The second-order valence-electron chi connectivity index (χ2n) is 3.16. The van der Waals surface area contributed by atoms with Gasteiger partial charge in [0.05, 0.1) is 11.5 Å². The van der Waals surface area contributed by atoms with Crippen molar-refractivity contribution in [3.63, 3.8) is 0 Å². The van der Waals surface area contributed by atoms with E-state index in [0.717, 1.165) is 6.07 Å². The Balaban J connectivity index is 2.52. The monoisotopic (exact) mass is 224 g/mol. The molecule has 1 aromatic carbocycles. The van der Waals surface area contributed by atoms with Gasteiger partial charge in [-0.3, -0.25) is 10.1 Å². The number of hydrogen-bond donors (Lipinski definition) is 2. The summed E-state index contributed by atoms with van der Waals surface area (Å²) in [5.41, 5.74) is -0.298. The number of nitro groups is 1. The van der Waals surface area contributed by atoms with Gasteiger partial charge in [0.2, 0.25) is 11.6 Å². The highest BCUT2D eigenvalue weighted by Crippen LogP contribution is 2.36. The van der Waals surface area contributed by atoms with Crippen LogP contribution in [0.25, 0.3) is 0 Å². The maximum absolute atomic E-state index is 10.6. The summed E-state index contributed by atoms with van der Waals surface area (Å²) in [6.07, 6.45) is 0. The normalized spacial score (nSPS) is 14.4. The van der Waals surface area contributed by atoms with Gasteiger partial charge >= 0.3 is 5.69 Å². The highest BCUT2D eigenvalue weighted by atomic mass is 16.6. The van der Waals surface area contributed by atoms with E-state index >= 15 is 0 Å². The van der Waals surface area contributed by atoms with Gasteiger partial charge in [-0.25, -0.2) is 4.99 Å². The standard InChI is InChI=1S/C9H8N2O5/c12-7-4-5(9-10-1-2-16-9)3-6(8(7)13)11(14)15/h3-4,12-13H,1-2H2. The quantitative estimate of drug-likeness (QED) is 0.438. The van der Waals surface area contributed by atoms with Gasteiger partial charge in [0.25, 0.3) is 0 Å². The molecule has 84 valence electrons. The van der Waals surface area contributed by atoms with Crippen molar-refractivity contribution in [1.29, 1.82) is 0 Å². The van der Waals surface area contributed by atoms with Gasteiger partial charge in [0.1, 0.15) is 6.61 Å². The van der Waals surface area contributed by atoms with Crippen molar-refractivity contribution < 1.29 is 19.9 Å². The Morgan fingerprint density at radius 3 is 2.75 bits per heavy atom. The number of nitrogens with zero attached hydrogens (tertiary/aromatic N) is 2. The van der Waals surface area contributed by atoms with E-state index in [1.807, 2.05) is 0 Å². The van der Waals surface area contributed by atoms with Crippen molar-refractivity contribution in [2.45, 2.75) is 0 Å². The molecule has 0 fully saturated rings. The molecule has 1 heterocycles. The van der Waals surface area contributed by atoms with Crippen molar-refractivity contribution in [3.05, 3.63) is 27.8 Å². The molecule has 7 nitrogen and oxygen atoms in total. The minimum Gasteiger partial charge on any atom is -0.504 e.